The molecule has 0 unspecified atom stereocenters. The van der Waals surface area contributed by atoms with E-state index >= 15 is 0 Å². The quantitative estimate of drug-likeness (QED) is 0.543. The van der Waals surface area contributed by atoms with Crippen molar-refractivity contribution in [2.45, 2.75) is 26.3 Å². The summed E-state index contributed by atoms with van der Waals surface area (Å²) in [6.07, 6.45) is 1.52. The maximum absolute atomic E-state index is 13.0. The Kier molecular flexibility index (Phi) is 7.96. The van der Waals surface area contributed by atoms with E-state index in [9.17, 15) is 18.8 Å². The Morgan fingerprint density at radius 3 is 2.62 bits per heavy atom. The predicted molar refractivity (Wildman–Crippen MR) is 110 cm³/mol. The fourth-order valence-corrected chi connectivity index (χ4v) is 2.76. The van der Waals surface area contributed by atoms with Crippen molar-refractivity contribution in [3.05, 3.63) is 50.9 Å². The lowest BCUT2D eigenvalue weighted by Gasteiger charge is -2.24. The normalized spacial score (nSPS) is 10.7. The highest BCUT2D eigenvalue weighted by Crippen LogP contribution is 2.18. The van der Waals surface area contributed by atoms with Gasteiger partial charge in [-0.1, -0.05) is 13.3 Å². The molecule has 0 aliphatic heterocycles. The molecule has 0 saturated heterocycles. The number of rotatable bonds is 10. The Morgan fingerprint density at radius 1 is 1.31 bits per heavy atom. The van der Waals surface area contributed by atoms with Crippen LogP contribution in [-0.2, 0) is 16.1 Å². The van der Waals surface area contributed by atoms with Gasteiger partial charge in [0.2, 0.25) is 5.91 Å². The summed E-state index contributed by atoms with van der Waals surface area (Å²) in [6.45, 7) is 2.35. The van der Waals surface area contributed by atoms with Crippen LogP contribution in [-0.4, -0.2) is 42.3 Å². The minimum Gasteiger partial charge on any atom is -0.383 e. The molecule has 2 rings (SSSR count). The Bertz CT molecular complexity index is 939. The van der Waals surface area contributed by atoms with E-state index < -0.39 is 23.0 Å². The van der Waals surface area contributed by atoms with Gasteiger partial charge in [0.15, 0.2) is 5.69 Å². The maximum atomic E-state index is 13.0. The maximum Gasteiger partial charge on any atom is 0.330 e. The molecular formula is C19H26FN5O4. The lowest BCUT2D eigenvalue weighted by molar-refractivity contribution is -0.117. The predicted octanol–water partition coefficient (Wildman–Crippen LogP) is 1.15. The number of anilines is 3. The van der Waals surface area contributed by atoms with Crippen LogP contribution in [0.2, 0.25) is 0 Å². The second-order valence-corrected chi connectivity index (χ2v) is 6.40. The molecule has 1 aromatic heterocycles. The standard InChI is InChI=1S/C19H26FN5O4/c1-3-4-9-25-17(21)16(18(27)23-19(25)28)24(10-11-29-2)15(26)12-22-14-7-5-13(20)6-8-14/h5-8,22H,3-4,9-12,21H2,1-2H3,(H,23,27,28). The molecular weight excluding hydrogens is 381 g/mol. The number of aromatic nitrogens is 2. The zero-order valence-electron chi connectivity index (χ0n) is 16.5. The van der Waals surface area contributed by atoms with Crippen molar-refractivity contribution in [1.29, 1.82) is 0 Å². The molecule has 4 N–H and O–H groups in total. The van der Waals surface area contributed by atoms with Crippen LogP contribution in [0.5, 0.6) is 0 Å². The van der Waals surface area contributed by atoms with Crippen molar-refractivity contribution in [2.75, 3.05) is 42.8 Å². The third-order valence-electron chi connectivity index (χ3n) is 4.33. The number of nitrogens with zero attached hydrogens (tertiary/aromatic N) is 2. The monoisotopic (exact) mass is 407 g/mol. The molecule has 1 aromatic carbocycles. The largest absolute Gasteiger partial charge is 0.383 e. The first-order valence-corrected chi connectivity index (χ1v) is 9.30. The summed E-state index contributed by atoms with van der Waals surface area (Å²) < 4.78 is 19.3. The van der Waals surface area contributed by atoms with Crippen LogP contribution < -0.4 is 27.2 Å². The van der Waals surface area contributed by atoms with Gasteiger partial charge in [-0.05, 0) is 30.7 Å². The van der Waals surface area contributed by atoms with Gasteiger partial charge in [-0.2, -0.15) is 0 Å². The number of halogens is 1. The van der Waals surface area contributed by atoms with Gasteiger partial charge in [0.05, 0.1) is 13.2 Å². The van der Waals surface area contributed by atoms with Crippen molar-refractivity contribution < 1.29 is 13.9 Å². The topological polar surface area (TPSA) is 122 Å². The molecule has 0 spiro atoms. The van der Waals surface area contributed by atoms with Gasteiger partial charge in [0, 0.05) is 25.9 Å². The summed E-state index contributed by atoms with van der Waals surface area (Å²) in [5.41, 5.74) is 5.19. The number of benzene rings is 1. The fourth-order valence-electron chi connectivity index (χ4n) is 2.76. The summed E-state index contributed by atoms with van der Waals surface area (Å²) in [4.78, 5) is 40.8. The van der Waals surface area contributed by atoms with Crippen LogP contribution in [0.15, 0.2) is 33.9 Å². The van der Waals surface area contributed by atoms with E-state index in [0.717, 1.165) is 6.42 Å². The van der Waals surface area contributed by atoms with Crippen LogP contribution in [0.3, 0.4) is 0 Å². The van der Waals surface area contributed by atoms with Gasteiger partial charge in [-0.15, -0.1) is 0 Å². The number of hydrogen-bond acceptors (Lipinski definition) is 6. The number of H-pyrrole nitrogens is 1. The molecule has 0 bridgehead atoms. The summed E-state index contributed by atoms with van der Waals surface area (Å²) in [6, 6.07) is 5.52. The number of nitrogens with two attached hydrogens (primary N) is 1. The third-order valence-corrected chi connectivity index (χ3v) is 4.33. The van der Waals surface area contributed by atoms with Crippen molar-refractivity contribution >= 4 is 23.1 Å². The Morgan fingerprint density at radius 2 is 2.00 bits per heavy atom. The van der Waals surface area contributed by atoms with Crippen molar-refractivity contribution in [3.63, 3.8) is 0 Å². The lowest BCUT2D eigenvalue weighted by atomic mass is 10.3. The number of ether oxygens (including phenoxy) is 1. The Balaban J connectivity index is 2.33. The number of unbranched alkanes of at least 4 members (excludes halogenated alkanes) is 1. The second kappa shape index (κ2) is 10.4. The molecule has 10 heteroatoms. The van der Waals surface area contributed by atoms with E-state index in [1.807, 2.05) is 6.92 Å². The number of hydrogen-bond donors (Lipinski definition) is 3. The molecule has 0 saturated carbocycles. The third kappa shape index (κ3) is 5.67. The molecule has 1 amide bonds. The average Bonchev–Trinajstić information content (AvgIpc) is 2.69. The molecule has 1 heterocycles. The average molecular weight is 407 g/mol. The van der Waals surface area contributed by atoms with Gasteiger partial charge in [0.25, 0.3) is 5.56 Å². The first-order valence-electron chi connectivity index (χ1n) is 9.30. The molecule has 29 heavy (non-hydrogen) atoms. The first-order chi connectivity index (χ1) is 13.9. The number of nitrogens with one attached hydrogen (secondary N) is 2. The van der Waals surface area contributed by atoms with Gasteiger partial charge in [-0.25, -0.2) is 9.18 Å². The second-order valence-electron chi connectivity index (χ2n) is 6.40. The number of methoxy groups -OCH3 is 1. The van der Waals surface area contributed by atoms with Crippen molar-refractivity contribution in [2.24, 2.45) is 0 Å². The van der Waals surface area contributed by atoms with Crippen LogP contribution >= 0.6 is 0 Å². The molecule has 0 aliphatic rings. The van der Waals surface area contributed by atoms with E-state index in [4.69, 9.17) is 10.5 Å². The number of aromatic amines is 1. The van der Waals surface area contributed by atoms with E-state index in [1.165, 1.54) is 40.8 Å². The molecule has 2 aromatic rings. The zero-order chi connectivity index (χ0) is 21.4. The summed E-state index contributed by atoms with van der Waals surface area (Å²) in [5, 5.41) is 2.88. The molecule has 9 nitrogen and oxygen atoms in total. The van der Waals surface area contributed by atoms with Crippen molar-refractivity contribution in [3.8, 4) is 0 Å². The summed E-state index contributed by atoms with van der Waals surface area (Å²) in [7, 11) is 1.47. The zero-order valence-corrected chi connectivity index (χ0v) is 16.5. The minimum atomic E-state index is -0.744. The molecule has 0 atom stereocenters. The highest BCUT2D eigenvalue weighted by Gasteiger charge is 2.23. The van der Waals surface area contributed by atoms with Crippen molar-refractivity contribution in [1.82, 2.24) is 9.55 Å². The molecule has 158 valence electrons. The number of amides is 1. The first kappa shape index (κ1) is 22.2. The van der Waals surface area contributed by atoms with E-state index in [2.05, 4.69) is 10.3 Å². The number of carbonyl (C=O) groups is 1. The van der Waals surface area contributed by atoms with Crippen LogP contribution in [0.1, 0.15) is 19.8 Å². The van der Waals surface area contributed by atoms with E-state index in [-0.39, 0.29) is 31.2 Å². The highest BCUT2D eigenvalue weighted by atomic mass is 19.1. The molecule has 0 radical (unpaired) electrons. The number of nitrogen functional groups attached to an aromatic ring is 1. The Labute approximate surface area is 167 Å². The smallest absolute Gasteiger partial charge is 0.330 e. The van der Waals surface area contributed by atoms with Gasteiger partial charge < -0.3 is 20.7 Å². The van der Waals surface area contributed by atoms with Crippen LogP contribution in [0, 0.1) is 5.82 Å². The highest BCUT2D eigenvalue weighted by molar-refractivity contribution is 5.98. The van der Waals surface area contributed by atoms with Gasteiger partial charge in [-0.3, -0.25) is 19.1 Å². The van der Waals surface area contributed by atoms with E-state index in [1.54, 1.807) is 0 Å². The number of carbonyl (C=O) groups excluding carboxylic acids is 1. The van der Waals surface area contributed by atoms with Crippen LogP contribution in [0.4, 0.5) is 21.6 Å². The minimum absolute atomic E-state index is 0.0691. The Hall–Kier alpha value is -3.14. The van der Waals surface area contributed by atoms with Crippen LogP contribution in [0.25, 0.3) is 0 Å². The molecule has 0 aliphatic carbocycles. The summed E-state index contributed by atoms with van der Waals surface area (Å²) in [5.74, 6) is -0.917. The lowest BCUT2D eigenvalue weighted by Crippen LogP contribution is -2.44. The SMILES string of the molecule is CCCCn1c(N)c(N(CCOC)C(=O)CNc2ccc(F)cc2)c(=O)[nH]c1=O. The van der Waals surface area contributed by atoms with Gasteiger partial charge >= 0.3 is 5.69 Å². The molecule has 0 fully saturated rings. The summed E-state index contributed by atoms with van der Waals surface area (Å²) >= 11 is 0. The van der Waals surface area contributed by atoms with Gasteiger partial charge in [0.1, 0.15) is 11.6 Å². The van der Waals surface area contributed by atoms with E-state index in [0.29, 0.717) is 18.7 Å². The fraction of sp³-hybridized carbons (Fsp3) is 0.421.